The van der Waals surface area contributed by atoms with E-state index in [2.05, 4.69) is 30.6 Å². The van der Waals surface area contributed by atoms with Crippen molar-refractivity contribution in [3.63, 3.8) is 0 Å². The number of anilines is 5. The molecule has 26 nitrogen and oxygen atoms in total. The molecule has 70 heavy (non-hydrogen) atoms. The van der Waals surface area contributed by atoms with Gasteiger partial charge in [0, 0.05) is 31.8 Å². The lowest BCUT2D eigenvalue weighted by Gasteiger charge is -2.40. The maximum absolute atomic E-state index is 13.2. The first kappa shape index (κ1) is 57.9. The summed E-state index contributed by atoms with van der Waals surface area (Å²) in [5, 5.41) is 36.5. The van der Waals surface area contributed by atoms with E-state index in [0.29, 0.717) is 17.9 Å². The molecular weight excluding hydrogens is 925 g/mol. The molecule has 4 heterocycles. The molecular formula is C44H70N10O16. The number of ether oxygens (including phenoxy) is 5. The summed E-state index contributed by atoms with van der Waals surface area (Å²) in [6.45, 7) is 19.3. The van der Waals surface area contributed by atoms with Gasteiger partial charge in [-0.25, -0.2) is 14.4 Å². The van der Waals surface area contributed by atoms with Crippen LogP contribution in [-0.4, -0.2) is 144 Å². The molecule has 0 aliphatic carbocycles. The van der Waals surface area contributed by atoms with E-state index in [9.17, 15) is 48.6 Å². The molecule has 4 rings (SSSR count). The topological polar surface area (TPSA) is 406 Å². The Balaban J connectivity index is 0.000000380. The van der Waals surface area contributed by atoms with Crippen molar-refractivity contribution < 1.29 is 67.8 Å². The summed E-state index contributed by atoms with van der Waals surface area (Å²) >= 11 is 0. The number of aliphatic hydroxyl groups is 2. The number of esters is 3. The van der Waals surface area contributed by atoms with Gasteiger partial charge in [-0.1, -0.05) is 6.92 Å². The molecule has 26 heteroatoms. The molecule has 1 amide bonds. The van der Waals surface area contributed by atoms with Crippen molar-refractivity contribution in [1.29, 1.82) is 0 Å². The lowest BCUT2D eigenvalue weighted by atomic mass is 9.89. The molecule has 0 bridgehead atoms. The summed E-state index contributed by atoms with van der Waals surface area (Å²) in [6.07, 6.45) is -7.53. The number of fused-ring (bicyclic) bond motifs is 2. The number of hydrogen-bond acceptors (Lipinski definition) is 22. The number of H-pyrrole nitrogens is 2. The summed E-state index contributed by atoms with van der Waals surface area (Å²) < 4.78 is 27.1. The number of nitrogens with one attached hydrogen (secondary N) is 4. The zero-order valence-electron chi connectivity index (χ0n) is 41.7. The van der Waals surface area contributed by atoms with Crippen LogP contribution in [-0.2, 0) is 54.1 Å². The first-order valence-electron chi connectivity index (χ1n) is 22.5. The first-order valence-corrected chi connectivity index (χ1v) is 22.5. The van der Waals surface area contributed by atoms with Crippen LogP contribution in [0.5, 0.6) is 0 Å². The largest absolute Gasteiger partial charge is 0.481 e. The fourth-order valence-corrected chi connectivity index (χ4v) is 6.98. The lowest BCUT2D eigenvalue weighted by molar-refractivity contribution is -0.194. The van der Waals surface area contributed by atoms with Crippen LogP contribution in [0.3, 0.4) is 0 Å². The number of hydrogen-bond donors (Lipinski definition) is 10. The third-order valence-corrected chi connectivity index (χ3v) is 10.4. The number of nitrogens with zero attached hydrogens (tertiary/aromatic N) is 3. The third kappa shape index (κ3) is 16.9. The van der Waals surface area contributed by atoms with Crippen molar-refractivity contribution in [3.05, 3.63) is 26.3 Å². The number of nitrogen functional groups attached to an aromatic ring is 2. The van der Waals surface area contributed by atoms with E-state index < -0.39 is 118 Å². The fraction of sp³-hybridized carbons (Fsp3) is 0.682. The van der Waals surface area contributed by atoms with Crippen LogP contribution in [0.1, 0.15) is 108 Å². The van der Waals surface area contributed by atoms with Crippen LogP contribution in [0.15, 0.2) is 9.59 Å². The molecule has 1 unspecified atom stereocenters. The van der Waals surface area contributed by atoms with Gasteiger partial charge in [-0.2, -0.15) is 9.97 Å². The van der Waals surface area contributed by atoms with Crippen LogP contribution in [0.25, 0.3) is 0 Å². The monoisotopic (exact) mass is 994 g/mol. The molecule has 2 aliphatic heterocycles. The normalized spacial score (nSPS) is 18.7. The molecule has 0 saturated heterocycles. The van der Waals surface area contributed by atoms with E-state index in [-0.39, 0.29) is 55.6 Å². The number of carbonyl (C=O) groups is 6. The number of carboxylic acid groups (broad SMARTS) is 1. The molecule has 0 aromatic carbocycles. The number of Topliss-reactive ketones (excluding diaryl/α,β-unsaturated/α-hetero) is 1. The number of amides is 1. The highest BCUT2D eigenvalue weighted by Gasteiger charge is 2.45. The van der Waals surface area contributed by atoms with Crippen LogP contribution in [0.4, 0.5) is 34.0 Å². The highest BCUT2D eigenvalue weighted by Crippen LogP contribution is 2.31. The van der Waals surface area contributed by atoms with Crippen molar-refractivity contribution in [1.82, 2.24) is 19.9 Å². The van der Waals surface area contributed by atoms with Gasteiger partial charge in [0.15, 0.2) is 11.5 Å². The predicted molar refractivity (Wildman–Crippen MR) is 252 cm³/mol. The molecule has 2 aromatic heterocycles. The Bertz CT molecular complexity index is 2340. The SMILES string of the molecule is C[C@H](CC(=O)[C@H](N)CCC(=O)O[C@@H](C)[C@H](O)[C@H]1CNc2nc(N)[nH]c(=O)c2C1)C(=O)O.C[C@H](OC(=O)C(OC(C)(C)C)C(=O)OC(C)(C)C)[C@H](O)[C@H]1CNc2nc(N)[nH]c(=O)c2N1C(=O)OC(C)(C)C. The summed E-state index contributed by atoms with van der Waals surface area (Å²) in [5.41, 5.74) is 13.1. The van der Waals surface area contributed by atoms with E-state index in [0.717, 1.165) is 4.90 Å². The molecule has 2 aromatic rings. The number of aliphatic carboxylic acids is 1. The number of nitrogens with two attached hydrogens (primary N) is 3. The van der Waals surface area contributed by atoms with Gasteiger partial charge in [-0.3, -0.25) is 38.8 Å². The van der Waals surface area contributed by atoms with Gasteiger partial charge in [-0.05, 0) is 89.0 Å². The van der Waals surface area contributed by atoms with Crippen LogP contribution in [0, 0.1) is 11.8 Å². The Labute approximate surface area is 404 Å². The Kier molecular flexibility index (Phi) is 19.4. The average molecular weight is 995 g/mol. The van der Waals surface area contributed by atoms with Gasteiger partial charge < -0.3 is 66.8 Å². The number of rotatable bonds is 16. The van der Waals surface area contributed by atoms with E-state index in [4.69, 9.17) is 46.0 Å². The standard InChI is InChI=1S/C25H41N5O9.C19H29N5O7/c1-12(36-19(33)16(37-23(2,3)4)20(34)38-24(5,6)7)15(31)13-11-27-17-14(18(32)29-21(26)28-17)30(13)22(35)39-25(8,9)10;1-8(18(29)30)5-13(25)12(20)3-4-14(26)31-9(2)15(27)10-6-11-16(22-7-10)23-19(21)24-17(11)28/h12-13,15-16,31H,11H2,1-10H3,(H4,26,27,28,29,32);8-10,12,15,27H,3-7,20H2,1-2H3,(H,29,30)(H4,21,22,23,24,28)/t12-,13+,15-,16?;8-,9+,10-,12-,15+/m01/s1. The smallest absolute Gasteiger partial charge is 0.415 e. The van der Waals surface area contributed by atoms with Gasteiger partial charge >= 0.3 is 30.0 Å². The minimum Gasteiger partial charge on any atom is -0.481 e. The maximum atomic E-state index is 13.2. The second kappa shape index (κ2) is 23.5. The summed E-state index contributed by atoms with van der Waals surface area (Å²) in [6, 6.07) is -2.12. The minimum absolute atomic E-state index is 0.00759. The number of aromatic amines is 2. The number of aromatic nitrogens is 4. The summed E-state index contributed by atoms with van der Waals surface area (Å²) in [4.78, 5) is 112. The highest BCUT2D eigenvalue weighted by molar-refractivity contribution is 5.98. The number of carbonyl (C=O) groups excluding carboxylic acids is 5. The quantitative estimate of drug-likeness (QED) is 0.0629. The van der Waals surface area contributed by atoms with Crippen molar-refractivity contribution in [3.8, 4) is 0 Å². The van der Waals surface area contributed by atoms with Gasteiger partial charge in [0.25, 0.3) is 17.2 Å². The van der Waals surface area contributed by atoms with Crippen LogP contribution in [0.2, 0.25) is 0 Å². The molecule has 9 atom stereocenters. The minimum atomic E-state index is -1.74. The number of carboxylic acids is 1. The molecule has 13 N–H and O–H groups in total. The molecule has 0 radical (unpaired) electrons. The highest BCUT2D eigenvalue weighted by atomic mass is 16.6. The van der Waals surface area contributed by atoms with Gasteiger partial charge in [0.05, 0.1) is 35.3 Å². The fourth-order valence-electron chi connectivity index (χ4n) is 6.98. The van der Waals surface area contributed by atoms with E-state index in [1.165, 1.54) is 20.8 Å². The summed E-state index contributed by atoms with van der Waals surface area (Å²) in [5.74, 6) is -5.28. The van der Waals surface area contributed by atoms with Crippen LogP contribution < -0.4 is 43.9 Å². The van der Waals surface area contributed by atoms with Crippen molar-refractivity contribution in [2.75, 3.05) is 40.1 Å². The maximum Gasteiger partial charge on any atom is 0.415 e. The van der Waals surface area contributed by atoms with Gasteiger partial charge in [0.1, 0.15) is 41.1 Å². The molecule has 392 valence electrons. The molecule has 0 saturated carbocycles. The Hall–Kier alpha value is -6.38. The third-order valence-electron chi connectivity index (χ3n) is 10.4. The van der Waals surface area contributed by atoms with Crippen LogP contribution >= 0.6 is 0 Å². The Morgan fingerprint density at radius 2 is 1.30 bits per heavy atom. The van der Waals surface area contributed by atoms with Gasteiger partial charge in [0.2, 0.25) is 11.9 Å². The molecule has 0 spiro atoms. The number of ketones is 1. The average Bonchev–Trinajstić information content (AvgIpc) is 3.21. The van der Waals surface area contributed by atoms with Gasteiger partial charge in [-0.15, -0.1) is 0 Å². The number of aliphatic hydroxyl groups excluding tert-OH is 2. The van der Waals surface area contributed by atoms with E-state index in [1.807, 2.05) is 0 Å². The Morgan fingerprint density at radius 1 is 0.757 bits per heavy atom. The molecule has 0 fully saturated rings. The Morgan fingerprint density at radius 3 is 1.86 bits per heavy atom. The molecule has 2 aliphatic rings. The summed E-state index contributed by atoms with van der Waals surface area (Å²) in [7, 11) is 0. The second-order valence-corrected chi connectivity index (χ2v) is 20.1. The van der Waals surface area contributed by atoms with E-state index >= 15 is 0 Å². The zero-order valence-corrected chi connectivity index (χ0v) is 41.7. The predicted octanol–water partition coefficient (Wildman–Crippen LogP) is 0.722. The van der Waals surface area contributed by atoms with Crippen molar-refractivity contribution in [2.45, 2.75) is 168 Å². The first-order chi connectivity index (χ1) is 32.1. The van der Waals surface area contributed by atoms with Crippen molar-refractivity contribution in [2.24, 2.45) is 17.6 Å². The van der Waals surface area contributed by atoms with Crippen molar-refractivity contribution >= 4 is 65.0 Å². The zero-order chi connectivity index (χ0) is 53.4. The van der Waals surface area contributed by atoms with E-state index in [1.54, 1.807) is 62.3 Å². The lowest BCUT2D eigenvalue weighted by Crippen LogP contribution is -2.59. The second-order valence-electron chi connectivity index (χ2n) is 20.1.